The molecule has 104 valence electrons. The molecule has 0 saturated heterocycles. The number of benzene rings is 1. The smallest absolute Gasteiger partial charge is 0.251 e. The number of nitrogens with zero attached hydrogens (tertiary/aromatic N) is 2. The van der Waals surface area contributed by atoms with Crippen molar-refractivity contribution in [2.75, 3.05) is 18.0 Å². The van der Waals surface area contributed by atoms with Gasteiger partial charge in [-0.2, -0.15) is 9.37 Å². The summed E-state index contributed by atoms with van der Waals surface area (Å²) in [6.07, 6.45) is 1.46. The van der Waals surface area contributed by atoms with E-state index in [1.54, 1.807) is 4.90 Å². The minimum absolute atomic E-state index is 0.114. The minimum Gasteiger partial charge on any atom is -0.353 e. The van der Waals surface area contributed by atoms with E-state index in [2.05, 4.69) is 4.98 Å². The van der Waals surface area contributed by atoms with Crippen LogP contribution in [-0.2, 0) is 12.8 Å². The van der Waals surface area contributed by atoms with Crippen molar-refractivity contribution in [1.29, 1.82) is 0 Å². The lowest BCUT2D eigenvalue weighted by Gasteiger charge is -2.21. The highest BCUT2D eigenvalue weighted by Crippen LogP contribution is 2.23. The summed E-state index contributed by atoms with van der Waals surface area (Å²) in [4.78, 5) is 5.07. The summed E-state index contributed by atoms with van der Waals surface area (Å²) in [6.45, 7) is 1.07. The Morgan fingerprint density at radius 1 is 0.900 bits per heavy atom. The molecule has 2 heterocycles. The molecule has 0 bridgehead atoms. The minimum atomic E-state index is -1.26. The van der Waals surface area contributed by atoms with Crippen molar-refractivity contribution in [3.8, 4) is 0 Å². The first-order valence-corrected chi connectivity index (χ1v) is 6.48. The molecule has 3 rings (SSSR count). The lowest BCUT2D eigenvalue weighted by molar-refractivity contribution is 0.462. The number of halogens is 3. The van der Waals surface area contributed by atoms with Crippen molar-refractivity contribution in [2.24, 2.45) is 0 Å². The van der Waals surface area contributed by atoms with Crippen molar-refractivity contribution >= 4 is 5.82 Å². The van der Waals surface area contributed by atoms with Gasteiger partial charge in [0.15, 0.2) is 17.5 Å². The van der Waals surface area contributed by atoms with E-state index in [4.69, 9.17) is 0 Å². The summed E-state index contributed by atoms with van der Waals surface area (Å²) in [7, 11) is 0. The lowest BCUT2D eigenvalue weighted by atomic mass is 10.0. The molecule has 1 aromatic heterocycles. The second kappa shape index (κ2) is 5.15. The predicted molar refractivity (Wildman–Crippen MR) is 70.2 cm³/mol. The Morgan fingerprint density at radius 2 is 1.50 bits per heavy atom. The highest BCUT2D eigenvalue weighted by molar-refractivity contribution is 5.42. The van der Waals surface area contributed by atoms with Gasteiger partial charge < -0.3 is 4.90 Å². The highest BCUT2D eigenvalue weighted by Gasteiger charge is 2.20. The molecule has 0 N–H and O–H groups in total. The highest BCUT2D eigenvalue weighted by atomic mass is 19.2. The molecule has 0 atom stereocenters. The fourth-order valence-corrected chi connectivity index (χ4v) is 2.54. The molecule has 0 saturated carbocycles. The third-order valence-corrected chi connectivity index (χ3v) is 3.59. The zero-order chi connectivity index (χ0) is 14.1. The quantitative estimate of drug-likeness (QED) is 0.745. The van der Waals surface area contributed by atoms with Gasteiger partial charge in [0.1, 0.15) is 0 Å². The van der Waals surface area contributed by atoms with E-state index in [0.717, 1.165) is 12.8 Å². The maximum Gasteiger partial charge on any atom is 0.251 e. The summed E-state index contributed by atoms with van der Waals surface area (Å²) in [5.41, 5.74) is 2.41. The van der Waals surface area contributed by atoms with E-state index in [1.807, 2.05) is 24.3 Å². The van der Waals surface area contributed by atoms with Gasteiger partial charge in [-0.05, 0) is 24.0 Å². The molecule has 0 amide bonds. The summed E-state index contributed by atoms with van der Waals surface area (Å²) in [5.74, 6) is -3.46. The first-order chi connectivity index (χ1) is 9.65. The number of hydrogen-bond donors (Lipinski definition) is 0. The number of aromatic nitrogens is 1. The second-order valence-corrected chi connectivity index (χ2v) is 4.82. The molecule has 1 aliphatic rings. The standard InChI is InChI=1S/C15H13F3N2/c16-12-9-13(17)15(19-14(12)18)20-7-5-10-3-1-2-4-11(10)6-8-20/h1-4,9H,5-8H2. The van der Waals surface area contributed by atoms with E-state index < -0.39 is 17.6 Å². The van der Waals surface area contributed by atoms with Crippen LogP contribution < -0.4 is 4.90 Å². The fraction of sp³-hybridized carbons (Fsp3) is 0.267. The lowest BCUT2D eigenvalue weighted by Crippen LogP contribution is -2.28. The van der Waals surface area contributed by atoms with E-state index in [9.17, 15) is 13.2 Å². The maximum absolute atomic E-state index is 13.8. The van der Waals surface area contributed by atoms with Gasteiger partial charge in [-0.3, -0.25) is 0 Å². The normalized spacial score (nSPS) is 14.8. The molecule has 0 aliphatic carbocycles. The van der Waals surface area contributed by atoms with Crippen molar-refractivity contribution < 1.29 is 13.2 Å². The van der Waals surface area contributed by atoms with E-state index in [-0.39, 0.29) is 5.82 Å². The third kappa shape index (κ3) is 2.35. The van der Waals surface area contributed by atoms with E-state index in [0.29, 0.717) is 19.2 Å². The van der Waals surface area contributed by atoms with Crippen LogP contribution in [0.3, 0.4) is 0 Å². The monoisotopic (exact) mass is 278 g/mol. The van der Waals surface area contributed by atoms with Crippen LogP contribution in [0.15, 0.2) is 30.3 Å². The van der Waals surface area contributed by atoms with Crippen LogP contribution in [0.2, 0.25) is 0 Å². The van der Waals surface area contributed by atoms with E-state index >= 15 is 0 Å². The van der Waals surface area contributed by atoms with Crippen molar-refractivity contribution in [2.45, 2.75) is 12.8 Å². The Balaban J connectivity index is 1.89. The molecule has 20 heavy (non-hydrogen) atoms. The number of anilines is 1. The Labute approximate surface area is 114 Å². The molecule has 1 aliphatic heterocycles. The summed E-state index contributed by atoms with van der Waals surface area (Å²) < 4.78 is 39.9. The first kappa shape index (κ1) is 13.0. The van der Waals surface area contributed by atoms with Crippen molar-refractivity contribution in [3.05, 3.63) is 59.0 Å². The SMILES string of the molecule is Fc1cc(F)c(N2CCc3ccccc3CC2)nc1F. The third-order valence-electron chi connectivity index (χ3n) is 3.59. The van der Waals surface area contributed by atoms with Gasteiger partial charge in [0.05, 0.1) is 0 Å². The molecule has 0 radical (unpaired) electrons. The Hall–Kier alpha value is -2.04. The number of pyridine rings is 1. The van der Waals surface area contributed by atoms with Crippen LogP contribution >= 0.6 is 0 Å². The Morgan fingerprint density at radius 3 is 2.10 bits per heavy atom. The average molecular weight is 278 g/mol. The first-order valence-electron chi connectivity index (χ1n) is 6.48. The second-order valence-electron chi connectivity index (χ2n) is 4.82. The van der Waals surface area contributed by atoms with Gasteiger partial charge in [0.25, 0.3) is 5.95 Å². The molecule has 0 fully saturated rings. The number of fused-ring (bicyclic) bond motifs is 1. The Kier molecular flexibility index (Phi) is 3.34. The van der Waals surface area contributed by atoms with Crippen LogP contribution in [-0.4, -0.2) is 18.1 Å². The molecule has 1 aromatic carbocycles. The van der Waals surface area contributed by atoms with Gasteiger partial charge in [0, 0.05) is 19.2 Å². The molecular formula is C15H13F3N2. The molecule has 0 unspecified atom stereocenters. The van der Waals surface area contributed by atoms with Crippen LogP contribution in [0.4, 0.5) is 19.0 Å². The average Bonchev–Trinajstić information content (AvgIpc) is 2.65. The van der Waals surface area contributed by atoms with Gasteiger partial charge in [0.2, 0.25) is 0 Å². The molecular weight excluding hydrogens is 265 g/mol. The molecule has 2 aromatic rings. The maximum atomic E-state index is 13.8. The summed E-state index contributed by atoms with van der Waals surface area (Å²) in [6, 6.07) is 8.55. The van der Waals surface area contributed by atoms with Crippen LogP contribution in [0.25, 0.3) is 0 Å². The van der Waals surface area contributed by atoms with Crippen LogP contribution in [0.5, 0.6) is 0 Å². The topological polar surface area (TPSA) is 16.1 Å². The van der Waals surface area contributed by atoms with Gasteiger partial charge in [-0.1, -0.05) is 24.3 Å². The van der Waals surface area contributed by atoms with E-state index in [1.165, 1.54) is 11.1 Å². The van der Waals surface area contributed by atoms with Gasteiger partial charge in [-0.25, -0.2) is 8.78 Å². The van der Waals surface area contributed by atoms with Crippen LogP contribution in [0.1, 0.15) is 11.1 Å². The zero-order valence-corrected chi connectivity index (χ0v) is 10.7. The van der Waals surface area contributed by atoms with Gasteiger partial charge >= 0.3 is 0 Å². The van der Waals surface area contributed by atoms with Crippen molar-refractivity contribution in [3.63, 3.8) is 0 Å². The Bertz CT molecular complexity index is 616. The molecule has 0 spiro atoms. The number of rotatable bonds is 1. The largest absolute Gasteiger partial charge is 0.353 e. The number of hydrogen-bond acceptors (Lipinski definition) is 2. The summed E-state index contributed by atoms with van der Waals surface area (Å²) >= 11 is 0. The zero-order valence-electron chi connectivity index (χ0n) is 10.7. The molecule has 2 nitrogen and oxygen atoms in total. The van der Waals surface area contributed by atoms with Crippen molar-refractivity contribution in [1.82, 2.24) is 4.98 Å². The van der Waals surface area contributed by atoms with Crippen LogP contribution in [0, 0.1) is 17.6 Å². The fourth-order valence-electron chi connectivity index (χ4n) is 2.54. The summed E-state index contributed by atoms with van der Waals surface area (Å²) in [5, 5.41) is 0. The predicted octanol–water partition coefficient (Wildman–Crippen LogP) is 3.10. The van der Waals surface area contributed by atoms with Gasteiger partial charge in [-0.15, -0.1) is 0 Å². The molecule has 5 heteroatoms.